The van der Waals surface area contributed by atoms with Gasteiger partial charge in [-0.1, -0.05) is 0 Å². The number of hydrogen-bond donors (Lipinski definition) is 0. The number of ether oxygens (including phenoxy) is 2. The fourth-order valence-electron chi connectivity index (χ4n) is 2.01. The Kier molecular flexibility index (Phi) is 4.72. The van der Waals surface area contributed by atoms with Crippen molar-refractivity contribution in [3.05, 3.63) is 46.4 Å². The van der Waals surface area contributed by atoms with Crippen LogP contribution in [0.5, 0.6) is 11.6 Å². The summed E-state index contributed by atoms with van der Waals surface area (Å²) in [4.78, 5) is 11.9. The number of nitrogens with zero attached hydrogens (tertiary/aromatic N) is 2. The van der Waals surface area contributed by atoms with E-state index < -0.39 is 40.7 Å². The fraction of sp³-hybridized carbons (Fsp3) is 0.267. The van der Waals surface area contributed by atoms with E-state index in [0.29, 0.717) is 5.56 Å². The fourth-order valence-corrected chi connectivity index (χ4v) is 2.01. The molecule has 0 radical (unpaired) electrons. The zero-order valence-electron chi connectivity index (χ0n) is 12.9. The first-order valence-electron chi connectivity index (χ1n) is 6.62. The van der Waals surface area contributed by atoms with Gasteiger partial charge in [-0.15, -0.1) is 10.2 Å². The number of esters is 1. The van der Waals surface area contributed by atoms with Crippen molar-refractivity contribution in [1.82, 2.24) is 10.2 Å². The van der Waals surface area contributed by atoms with E-state index in [1.54, 1.807) is 0 Å². The van der Waals surface area contributed by atoms with Crippen LogP contribution in [0.4, 0.5) is 17.6 Å². The number of aryl methyl sites for hydroxylation is 1. The Morgan fingerprint density at radius 2 is 1.83 bits per heavy atom. The van der Waals surface area contributed by atoms with Crippen LogP contribution >= 0.6 is 0 Å². The van der Waals surface area contributed by atoms with Gasteiger partial charge in [0.05, 0.1) is 7.11 Å². The number of carbonyl (C=O) groups excluding carboxylic acids is 1. The Labute approximate surface area is 134 Å². The molecule has 0 saturated carbocycles. The summed E-state index contributed by atoms with van der Waals surface area (Å²) >= 11 is 0. The molecule has 0 aliphatic rings. The van der Waals surface area contributed by atoms with Crippen LogP contribution in [0.3, 0.4) is 0 Å². The number of aromatic nitrogens is 2. The predicted octanol–water partition coefficient (Wildman–Crippen LogP) is 3.83. The summed E-state index contributed by atoms with van der Waals surface area (Å²) in [6.07, 6.45) is -4.79. The minimum absolute atomic E-state index is 0.120. The largest absolute Gasteiger partial charge is 0.465 e. The second kappa shape index (κ2) is 6.42. The lowest BCUT2D eigenvalue weighted by atomic mass is 10.1. The molecule has 0 spiro atoms. The van der Waals surface area contributed by atoms with Crippen molar-refractivity contribution in [1.29, 1.82) is 0 Å². The maximum Gasteiger partial charge on any atom is 0.435 e. The van der Waals surface area contributed by atoms with E-state index in [1.807, 2.05) is 0 Å². The van der Waals surface area contributed by atoms with Crippen LogP contribution in [0.2, 0.25) is 0 Å². The monoisotopic (exact) mass is 344 g/mol. The molecule has 0 N–H and O–H groups in total. The van der Waals surface area contributed by atoms with Crippen molar-refractivity contribution in [2.45, 2.75) is 20.0 Å². The van der Waals surface area contributed by atoms with E-state index in [1.165, 1.54) is 13.0 Å². The Hall–Kier alpha value is -2.71. The van der Waals surface area contributed by atoms with E-state index in [4.69, 9.17) is 4.74 Å². The number of methoxy groups -OCH3 is 1. The molecular formula is C15H12F4N2O3. The molecular weight excluding hydrogens is 332 g/mol. The Bertz CT molecular complexity index is 791. The van der Waals surface area contributed by atoms with E-state index in [-0.39, 0.29) is 5.75 Å². The molecule has 0 atom stereocenters. The van der Waals surface area contributed by atoms with Gasteiger partial charge in [-0.05, 0) is 37.6 Å². The van der Waals surface area contributed by atoms with Gasteiger partial charge >= 0.3 is 12.1 Å². The summed E-state index contributed by atoms with van der Waals surface area (Å²) in [5, 5.41) is 6.44. The molecule has 2 aromatic rings. The smallest absolute Gasteiger partial charge is 0.435 e. The number of hydrogen-bond acceptors (Lipinski definition) is 5. The van der Waals surface area contributed by atoms with Crippen molar-refractivity contribution < 1.29 is 31.8 Å². The lowest BCUT2D eigenvalue weighted by Crippen LogP contribution is -2.17. The molecule has 0 aliphatic heterocycles. The number of benzene rings is 1. The van der Waals surface area contributed by atoms with Crippen LogP contribution in [-0.4, -0.2) is 23.3 Å². The van der Waals surface area contributed by atoms with Gasteiger partial charge in [-0.25, -0.2) is 9.18 Å². The second-order valence-electron chi connectivity index (χ2n) is 4.85. The SMILES string of the molecule is COC(=O)c1c(Oc2ccc(F)cc2C)nnc(C(F)(F)F)c1C. The molecule has 0 fully saturated rings. The summed E-state index contributed by atoms with van der Waals surface area (Å²) < 4.78 is 61.7. The van der Waals surface area contributed by atoms with E-state index in [0.717, 1.165) is 26.2 Å². The first-order valence-corrected chi connectivity index (χ1v) is 6.62. The number of alkyl halides is 3. The Morgan fingerprint density at radius 3 is 2.38 bits per heavy atom. The van der Waals surface area contributed by atoms with Gasteiger partial charge in [0.1, 0.15) is 17.1 Å². The van der Waals surface area contributed by atoms with Crippen molar-refractivity contribution in [3.8, 4) is 11.6 Å². The van der Waals surface area contributed by atoms with Gasteiger partial charge in [0, 0.05) is 5.56 Å². The summed E-state index contributed by atoms with van der Waals surface area (Å²) in [5.41, 5.74) is -1.92. The quantitative estimate of drug-likeness (QED) is 0.626. The van der Waals surface area contributed by atoms with Gasteiger partial charge in [-0.2, -0.15) is 13.2 Å². The molecule has 2 rings (SSSR count). The molecule has 24 heavy (non-hydrogen) atoms. The van der Waals surface area contributed by atoms with E-state index >= 15 is 0 Å². The molecule has 0 aliphatic carbocycles. The third kappa shape index (κ3) is 3.44. The molecule has 1 heterocycles. The normalized spacial score (nSPS) is 11.3. The lowest BCUT2D eigenvalue weighted by molar-refractivity contribution is -0.142. The maximum atomic E-state index is 13.1. The van der Waals surface area contributed by atoms with Crippen molar-refractivity contribution >= 4 is 5.97 Å². The Balaban J connectivity index is 2.57. The predicted molar refractivity (Wildman–Crippen MR) is 74.3 cm³/mol. The summed E-state index contributed by atoms with van der Waals surface area (Å²) in [5.74, 6) is -1.90. The highest BCUT2D eigenvalue weighted by Gasteiger charge is 2.38. The van der Waals surface area contributed by atoms with Crippen LogP contribution in [-0.2, 0) is 10.9 Å². The molecule has 0 amide bonds. The summed E-state index contributed by atoms with van der Waals surface area (Å²) in [7, 11) is 1.02. The van der Waals surface area contributed by atoms with E-state index in [2.05, 4.69) is 14.9 Å². The first-order chi connectivity index (χ1) is 11.1. The highest BCUT2D eigenvalue weighted by molar-refractivity contribution is 5.93. The van der Waals surface area contributed by atoms with Gasteiger partial charge in [-0.3, -0.25) is 0 Å². The van der Waals surface area contributed by atoms with Gasteiger partial charge in [0.25, 0.3) is 5.88 Å². The zero-order chi connectivity index (χ0) is 18.1. The number of halogens is 4. The van der Waals surface area contributed by atoms with Crippen LogP contribution in [0.1, 0.15) is 27.2 Å². The second-order valence-corrected chi connectivity index (χ2v) is 4.85. The summed E-state index contributed by atoms with van der Waals surface area (Å²) in [6, 6.07) is 3.53. The van der Waals surface area contributed by atoms with Gasteiger partial charge in [0.2, 0.25) is 0 Å². The standard InChI is InChI=1S/C15H12F4N2O3/c1-7-6-9(16)4-5-10(7)24-13-11(14(22)23-3)8(2)12(20-21-13)15(17,18)19/h4-6H,1-3H3. The van der Waals surface area contributed by atoms with Crippen LogP contribution < -0.4 is 4.74 Å². The van der Waals surface area contributed by atoms with Crippen molar-refractivity contribution in [2.24, 2.45) is 0 Å². The molecule has 1 aromatic heterocycles. The maximum absolute atomic E-state index is 13.1. The average molecular weight is 344 g/mol. The van der Waals surface area contributed by atoms with Crippen LogP contribution in [0, 0.1) is 19.7 Å². The Morgan fingerprint density at radius 1 is 1.17 bits per heavy atom. The van der Waals surface area contributed by atoms with Crippen LogP contribution in [0.25, 0.3) is 0 Å². The highest BCUT2D eigenvalue weighted by atomic mass is 19.4. The molecule has 9 heteroatoms. The summed E-state index contributed by atoms with van der Waals surface area (Å²) in [6.45, 7) is 2.59. The molecule has 0 bridgehead atoms. The molecule has 128 valence electrons. The number of rotatable bonds is 3. The first kappa shape index (κ1) is 17.6. The number of carbonyl (C=O) groups is 1. The van der Waals surface area contributed by atoms with Gasteiger partial charge < -0.3 is 9.47 Å². The molecule has 0 saturated heterocycles. The minimum atomic E-state index is -4.79. The minimum Gasteiger partial charge on any atom is -0.465 e. The van der Waals surface area contributed by atoms with Crippen LogP contribution in [0.15, 0.2) is 18.2 Å². The molecule has 5 nitrogen and oxygen atoms in total. The van der Waals surface area contributed by atoms with Crippen molar-refractivity contribution in [2.75, 3.05) is 7.11 Å². The molecule has 1 aromatic carbocycles. The van der Waals surface area contributed by atoms with Gasteiger partial charge in [0.15, 0.2) is 5.69 Å². The lowest BCUT2D eigenvalue weighted by Gasteiger charge is -2.15. The zero-order valence-corrected chi connectivity index (χ0v) is 12.9. The molecule has 0 unspecified atom stereocenters. The van der Waals surface area contributed by atoms with E-state index in [9.17, 15) is 22.4 Å². The van der Waals surface area contributed by atoms with Crippen molar-refractivity contribution in [3.63, 3.8) is 0 Å². The third-order valence-corrected chi connectivity index (χ3v) is 3.19. The average Bonchev–Trinajstić information content (AvgIpc) is 2.48. The topological polar surface area (TPSA) is 61.3 Å². The third-order valence-electron chi connectivity index (χ3n) is 3.19. The highest BCUT2D eigenvalue weighted by Crippen LogP contribution is 2.35.